The van der Waals surface area contributed by atoms with Crippen molar-refractivity contribution in [1.29, 1.82) is 0 Å². The second kappa shape index (κ2) is 7.43. The Hall–Kier alpha value is -1.36. The fourth-order valence-electron chi connectivity index (χ4n) is 2.22. The molecule has 0 spiro atoms. The molecule has 2 aromatic rings. The molecule has 1 aromatic heterocycles. The summed E-state index contributed by atoms with van der Waals surface area (Å²) < 4.78 is 5.16. The van der Waals surface area contributed by atoms with Gasteiger partial charge in [-0.25, -0.2) is 0 Å². The predicted octanol–water partition coefficient (Wildman–Crippen LogP) is 2.96. The highest BCUT2D eigenvalue weighted by molar-refractivity contribution is 7.09. The Morgan fingerprint density at radius 2 is 2.00 bits per heavy atom. The summed E-state index contributed by atoms with van der Waals surface area (Å²) in [5, 5.41) is 11.8. The third-order valence-corrected chi connectivity index (χ3v) is 4.43. The quantitative estimate of drug-likeness (QED) is 0.851. The van der Waals surface area contributed by atoms with Crippen molar-refractivity contribution in [3.8, 4) is 5.75 Å². The maximum absolute atomic E-state index is 9.66. The van der Waals surface area contributed by atoms with E-state index in [9.17, 15) is 5.11 Å². The summed E-state index contributed by atoms with van der Waals surface area (Å²) in [6.45, 7) is 1.05. The largest absolute Gasteiger partial charge is 0.497 e. The highest BCUT2D eigenvalue weighted by Gasteiger charge is 2.16. The van der Waals surface area contributed by atoms with Gasteiger partial charge in [-0.1, -0.05) is 18.2 Å². The fraction of sp³-hybridized carbons (Fsp3) is 0.375. The van der Waals surface area contributed by atoms with Crippen molar-refractivity contribution in [3.63, 3.8) is 0 Å². The smallest absolute Gasteiger partial charge is 0.118 e. The van der Waals surface area contributed by atoms with Gasteiger partial charge >= 0.3 is 0 Å². The van der Waals surface area contributed by atoms with E-state index in [1.165, 1.54) is 4.88 Å². The van der Waals surface area contributed by atoms with Crippen molar-refractivity contribution in [2.45, 2.75) is 12.5 Å². The van der Waals surface area contributed by atoms with Crippen molar-refractivity contribution in [2.75, 3.05) is 27.3 Å². The van der Waals surface area contributed by atoms with Crippen LogP contribution in [0.15, 0.2) is 41.8 Å². The van der Waals surface area contributed by atoms with Gasteiger partial charge in [-0.15, -0.1) is 11.3 Å². The number of rotatable bonds is 7. The van der Waals surface area contributed by atoms with Crippen LogP contribution in [0.25, 0.3) is 0 Å². The number of aliphatic hydroxyl groups is 1. The number of thiophene rings is 1. The maximum atomic E-state index is 9.66. The Labute approximate surface area is 124 Å². The number of likely N-dealkylation sites (N-methyl/N-ethyl adjacent to an activating group) is 1. The predicted molar refractivity (Wildman–Crippen MR) is 83.5 cm³/mol. The number of benzene rings is 1. The topological polar surface area (TPSA) is 32.7 Å². The van der Waals surface area contributed by atoms with Gasteiger partial charge in [-0.2, -0.15) is 0 Å². The molecule has 0 fully saturated rings. The third kappa shape index (κ3) is 3.82. The van der Waals surface area contributed by atoms with Crippen LogP contribution in [-0.4, -0.2) is 37.3 Å². The molecular weight excluding hydrogens is 270 g/mol. The van der Waals surface area contributed by atoms with Gasteiger partial charge in [0.05, 0.1) is 19.8 Å². The van der Waals surface area contributed by atoms with Gasteiger partial charge in [0.25, 0.3) is 0 Å². The molecule has 1 atom stereocenters. The van der Waals surface area contributed by atoms with Crippen LogP contribution >= 0.6 is 11.3 Å². The van der Waals surface area contributed by atoms with Gasteiger partial charge in [-0.3, -0.25) is 4.90 Å². The van der Waals surface area contributed by atoms with Crippen molar-refractivity contribution >= 4 is 11.3 Å². The van der Waals surface area contributed by atoms with E-state index in [4.69, 9.17) is 4.74 Å². The zero-order valence-electron chi connectivity index (χ0n) is 12.0. The van der Waals surface area contributed by atoms with Gasteiger partial charge in [0.2, 0.25) is 0 Å². The lowest BCUT2D eigenvalue weighted by Crippen LogP contribution is -2.29. The zero-order valence-corrected chi connectivity index (χ0v) is 12.8. The van der Waals surface area contributed by atoms with Gasteiger partial charge in [0.1, 0.15) is 5.75 Å². The molecule has 0 aliphatic heterocycles. The molecule has 1 heterocycles. The molecular formula is C16H21NO2S. The van der Waals surface area contributed by atoms with Gasteiger partial charge in [-0.05, 0) is 42.6 Å². The van der Waals surface area contributed by atoms with E-state index in [0.717, 1.165) is 24.3 Å². The normalized spacial score (nSPS) is 12.6. The Bertz CT molecular complexity index is 496. The molecule has 0 radical (unpaired) electrons. The third-order valence-electron chi connectivity index (χ3n) is 3.50. The Morgan fingerprint density at radius 1 is 1.25 bits per heavy atom. The number of aliphatic hydroxyl groups excluding tert-OH is 1. The second-order valence-electron chi connectivity index (χ2n) is 4.78. The molecule has 0 bridgehead atoms. The Balaban J connectivity index is 1.98. The molecule has 4 heteroatoms. The standard InChI is InChI=1S/C16H21NO2S/c1-17(10-9-15-4-3-11-20-15)16(12-18)13-5-7-14(19-2)8-6-13/h3-8,11,16,18H,9-10,12H2,1-2H3. The summed E-state index contributed by atoms with van der Waals surface area (Å²) in [4.78, 5) is 3.57. The first-order chi connectivity index (χ1) is 9.74. The lowest BCUT2D eigenvalue weighted by atomic mass is 10.1. The van der Waals surface area contributed by atoms with E-state index in [0.29, 0.717) is 0 Å². The molecule has 0 aliphatic carbocycles. The first-order valence-electron chi connectivity index (χ1n) is 6.72. The van der Waals surface area contributed by atoms with E-state index in [1.807, 2.05) is 24.3 Å². The Kier molecular flexibility index (Phi) is 5.59. The van der Waals surface area contributed by atoms with Crippen molar-refractivity contribution in [2.24, 2.45) is 0 Å². The average Bonchev–Trinajstić information content (AvgIpc) is 3.00. The molecule has 108 valence electrons. The number of nitrogens with zero attached hydrogens (tertiary/aromatic N) is 1. The van der Waals surface area contributed by atoms with E-state index >= 15 is 0 Å². The van der Waals surface area contributed by atoms with Crippen LogP contribution < -0.4 is 4.74 Å². The summed E-state index contributed by atoms with van der Waals surface area (Å²) in [5.41, 5.74) is 1.11. The molecule has 2 rings (SSSR count). The van der Waals surface area contributed by atoms with Gasteiger partial charge in [0, 0.05) is 11.4 Å². The van der Waals surface area contributed by atoms with Gasteiger partial charge in [0.15, 0.2) is 0 Å². The highest BCUT2D eigenvalue weighted by Crippen LogP contribution is 2.22. The summed E-state index contributed by atoms with van der Waals surface area (Å²) in [6, 6.07) is 12.2. The molecule has 3 nitrogen and oxygen atoms in total. The van der Waals surface area contributed by atoms with E-state index in [-0.39, 0.29) is 12.6 Å². The summed E-state index contributed by atoms with van der Waals surface area (Å²) >= 11 is 1.78. The minimum Gasteiger partial charge on any atom is -0.497 e. The summed E-state index contributed by atoms with van der Waals surface area (Å²) in [5.74, 6) is 0.840. The van der Waals surface area contributed by atoms with Crippen LogP contribution in [-0.2, 0) is 6.42 Å². The minimum atomic E-state index is 0.0286. The van der Waals surface area contributed by atoms with E-state index in [1.54, 1.807) is 18.4 Å². The molecule has 0 saturated heterocycles. The van der Waals surface area contributed by atoms with Crippen molar-refractivity contribution in [1.82, 2.24) is 4.90 Å². The average molecular weight is 291 g/mol. The summed E-state index contributed by atoms with van der Waals surface area (Å²) in [7, 11) is 3.71. The fourth-order valence-corrected chi connectivity index (χ4v) is 2.92. The molecule has 0 amide bonds. The van der Waals surface area contributed by atoms with Crippen LogP contribution in [0.2, 0.25) is 0 Å². The van der Waals surface area contributed by atoms with Crippen LogP contribution in [0, 0.1) is 0 Å². The second-order valence-corrected chi connectivity index (χ2v) is 5.81. The van der Waals surface area contributed by atoms with Gasteiger partial charge < -0.3 is 9.84 Å². The minimum absolute atomic E-state index is 0.0286. The zero-order chi connectivity index (χ0) is 14.4. The molecule has 1 unspecified atom stereocenters. The number of ether oxygens (including phenoxy) is 1. The van der Waals surface area contributed by atoms with Crippen LogP contribution in [0.4, 0.5) is 0 Å². The molecule has 0 aliphatic rings. The number of hydrogen-bond acceptors (Lipinski definition) is 4. The van der Waals surface area contributed by atoms with Crippen molar-refractivity contribution in [3.05, 3.63) is 52.2 Å². The lowest BCUT2D eigenvalue weighted by Gasteiger charge is -2.26. The number of hydrogen-bond donors (Lipinski definition) is 1. The SMILES string of the molecule is COc1ccc(C(CO)N(C)CCc2cccs2)cc1. The highest BCUT2D eigenvalue weighted by atomic mass is 32.1. The first kappa shape index (κ1) is 15.0. The monoisotopic (exact) mass is 291 g/mol. The Morgan fingerprint density at radius 3 is 2.55 bits per heavy atom. The van der Waals surface area contributed by atoms with Crippen LogP contribution in [0.1, 0.15) is 16.5 Å². The number of methoxy groups -OCH3 is 1. The molecule has 0 saturated carbocycles. The molecule has 1 N–H and O–H groups in total. The first-order valence-corrected chi connectivity index (χ1v) is 7.60. The van der Waals surface area contributed by atoms with E-state index < -0.39 is 0 Å². The lowest BCUT2D eigenvalue weighted by molar-refractivity contribution is 0.149. The maximum Gasteiger partial charge on any atom is 0.118 e. The molecule has 1 aromatic carbocycles. The summed E-state index contributed by atoms with van der Waals surface area (Å²) in [6.07, 6.45) is 1.01. The van der Waals surface area contributed by atoms with Crippen LogP contribution in [0.5, 0.6) is 5.75 Å². The molecule has 20 heavy (non-hydrogen) atoms. The van der Waals surface area contributed by atoms with Crippen molar-refractivity contribution < 1.29 is 9.84 Å². The van der Waals surface area contributed by atoms with E-state index in [2.05, 4.69) is 29.5 Å². The van der Waals surface area contributed by atoms with Crippen LogP contribution in [0.3, 0.4) is 0 Å².